The lowest BCUT2D eigenvalue weighted by atomic mass is 10.1. The average Bonchev–Trinajstić information content (AvgIpc) is 2.73. The number of hydrogen-bond donors (Lipinski definition) is 2. The summed E-state index contributed by atoms with van der Waals surface area (Å²) in [6.45, 7) is 18.0. The number of nitrogens with one attached hydrogen (secondary N) is 1. The topological polar surface area (TPSA) is 43.0 Å². The van der Waals surface area contributed by atoms with Crippen LogP contribution in [0.4, 0.5) is 0 Å². The molecule has 0 atom stereocenters. The van der Waals surface area contributed by atoms with Gasteiger partial charge in [-0.3, -0.25) is 0 Å². The molecular formula is C18H33N3. The summed E-state index contributed by atoms with van der Waals surface area (Å²) >= 11 is 0. The molecule has 0 radical (unpaired) electrons. The van der Waals surface area contributed by atoms with Crippen molar-refractivity contribution in [2.45, 2.75) is 47.6 Å². The highest BCUT2D eigenvalue weighted by Gasteiger charge is 2.12. The van der Waals surface area contributed by atoms with Crippen LogP contribution in [-0.4, -0.2) is 24.2 Å². The van der Waals surface area contributed by atoms with Crippen molar-refractivity contribution < 1.29 is 0 Å². The summed E-state index contributed by atoms with van der Waals surface area (Å²) in [5.74, 6) is 0. The summed E-state index contributed by atoms with van der Waals surface area (Å²) in [5, 5.41) is 3.33. The first-order valence-electron chi connectivity index (χ1n) is 8.03. The Morgan fingerprint density at radius 2 is 1.76 bits per heavy atom. The van der Waals surface area contributed by atoms with E-state index in [9.17, 15) is 0 Å². The van der Waals surface area contributed by atoms with Crippen molar-refractivity contribution in [3.8, 4) is 0 Å². The van der Waals surface area contributed by atoms with Crippen LogP contribution >= 0.6 is 0 Å². The first kappa shape index (κ1) is 19.7. The molecule has 3 heteroatoms. The summed E-state index contributed by atoms with van der Waals surface area (Å²) in [6.07, 6.45) is 7.33. The highest BCUT2D eigenvalue weighted by atomic mass is 15.0. The Balaban J connectivity index is 0.00000191. The third-order valence-electron chi connectivity index (χ3n) is 3.47. The van der Waals surface area contributed by atoms with Crippen LogP contribution in [0.15, 0.2) is 12.7 Å². The fourth-order valence-electron chi connectivity index (χ4n) is 2.49. The molecule has 0 fully saturated rings. The molecule has 0 saturated heterocycles. The van der Waals surface area contributed by atoms with E-state index in [1.54, 1.807) is 0 Å². The second-order valence-corrected chi connectivity index (χ2v) is 4.75. The summed E-state index contributed by atoms with van der Waals surface area (Å²) in [6, 6.07) is 0. The van der Waals surface area contributed by atoms with Gasteiger partial charge in [-0.2, -0.15) is 0 Å². The van der Waals surface area contributed by atoms with E-state index in [-0.39, 0.29) is 0 Å². The Labute approximate surface area is 130 Å². The first-order chi connectivity index (χ1) is 10.2. The molecule has 1 aromatic rings. The molecular weight excluding hydrogens is 258 g/mol. The Hall–Kier alpha value is -1.32. The third-order valence-corrected chi connectivity index (χ3v) is 3.47. The molecule has 1 heterocycles. The van der Waals surface area contributed by atoms with Crippen LogP contribution in [0.25, 0.3) is 12.2 Å². The van der Waals surface area contributed by atoms with Crippen LogP contribution in [-0.2, 0) is 6.54 Å². The summed E-state index contributed by atoms with van der Waals surface area (Å²) in [4.78, 5) is 0. The maximum absolute atomic E-state index is 5.46. The van der Waals surface area contributed by atoms with E-state index in [1.807, 2.05) is 19.9 Å². The Morgan fingerprint density at radius 1 is 1.14 bits per heavy atom. The van der Waals surface area contributed by atoms with Crippen LogP contribution in [0.1, 0.15) is 49.7 Å². The molecule has 0 aliphatic rings. The minimum Gasteiger partial charge on any atom is -0.348 e. The van der Waals surface area contributed by atoms with Gasteiger partial charge >= 0.3 is 0 Å². The number of allylic oxidation sites excluding steroid dienone is 1. The van der Waals surface area contributed by atoms with Crippen molar-refractivity contribution >= 4 is 12.2 Å². The monoisotopic (exact) mass is 291 g/mol. The molecule has 0 amide bonds. The predicted octanol–water partition coefficient (Wildman–Crippen LogP) is 3.75. The van der Waals surface area contributed by atoms with Gasteiger partial charge in [0.05, 0.1) is 0 Å². The number of rotatable bonds is 8. The van der Waals surface area contributed by atoms with Gasteiger partial charge in [-0.05, 0) is 33.7 Å². The molecule has 3 nitrogen and oxygen atoms in total. The Kier molecular flexibility index (Phi) is 10.6. The van der Waals surface area contributed by atoms with E-state index in [2.05, 4.69) is 49.4 Å². The van der Waals surface area contributed by atoms with Crippen LogP contribution < -0.4 is 11.1 Å². The highest BCUT2D eigenvalue weighted by Crippen LogP contribution is 2.25. The highest BCUT2D eigenvalue weighted by molar-refractivity contribution is 5.69. The Bertz CT molecular complexity index is 442. The Morgan fingerprint density at radius 3 is 2.29 bits per heavy atom. The van der Waals surface area contributed by atoms with Gasteiger partial charge in [0.2, 0.25) is 0 Å². The largest absolute Gasteiger partial charge is 0.348 e. The van der Waals surface area contributed by atoms with Gasteiger partial charge in [0.15, 0.2) is 0 Å². The van der Waals surface area contributed by atoms with Gasteiger partial charge in [-0.25, -0.2) is 0 Å². The minimum atomic E-state index is 0.702. The number of nitrogens with two attached hydrogens (primary N) is 1. The average molecular weight is 291 g/mol. The van der Waals surface area contributed by atoms with E-state index < -0.39 is 0 Å². The van der Waals surface area contributed by atoms with Gasteiger partial charge in [0.1, 0.15) is 0 Å². The summed E-state index contributed by atoms with van der Waals surface area (Å²) in [7, 11) is 0. The first-order valence-corrected chi connectivity index (χ1v) is 8.03. The van der Waals surface area contributed by atoms with E-state index in [0.29, 0.717) is 6.54 Å². The minimum absolute atomic E-state index is 0.702. The quantitative estimate of drug-likeness (QED) is 0.716. The van der Waals surface area contributed by atoms with Crippen LogP contribution in [0, 0.1) is 13.8 Å². The number of hydrogen-bond acceptors (Lipinski definition) is 2. The lowest BCUT2D eigenvalue weighted by molar-refractivity contribution is 0.571. The van der Waals surface area contributed by atoms with Gasteiger partial charge in [0, 0.05) is 42.1 Å². The van der Waals surface area contributed by atoms with Crippen molar-refractivity contribution in [3.63, 3.8) is 0 Å². The van der Waals surface area contributed by atoms with Crippen LogP contribution in [0.5, 0.6) is 0 Å². The van der Waals surface area contributed by atoms with E-state index >= 15 is 0 Å². The van der Waals surface area contributed by atoms with Crippen molar-refractivity contribution in [2.75, 3.05) is 19.6 Å². The molecule has 1 rings (SSSR count). The second kappa shape index (κ2) is 11.4. The molecule has 0 unspecified atom stereocenters. The summed E-state index contributed by atoms with van der Waals surface area (Å²) in [5.41, 5.74) is 10.6. The third kappa shape index (κ3) is 5.52. The fourth-order valence-corrected chi connectivity index (χ4v) is 2.49. The lowest BCUT2D eigenvalue weighted by Gasteiger charge is -2.10. The van der Waals surface area contributed by atoms with Gasteiger partial charge in [-0.15, -0.1) is 0 Å². The number of aromatic nitrogens is 1. The molecule has 0 aliphatic carbocycles. The van der Waals surface area contributed by atoms with Crippen molar-refractivity contribution in [3.05, 3.63) is 35.2 Å². The van der Waals surface area contributed by atoms with Crippen LogP contribution in [0.3, 0.4) is 0 Å². The predicted molar refractivity (Wildman–Crippen MR) is 96.6 cm³/mol. The molecule has 0 aliphatic heterocycles. The molecule has 0 spiro atoms. The van der Waals surface area contributed by atoms with Gasteiger partial charge in [0.25, 0.3) is 0 Å². The van der Waals surface area contributed by atoms with Crippen molar-refractivity contribution in [2.24, 2.45) is 5.73 Å². The molecule has 0 aromatic carbocycles. The van der Waals surface area contributed by atoms with E-state index in [1.165, 1.54) is 22.5 Å². The fraction of sp³-hybridized carbons (Fsp3) is 0.556. The second-order valence-electron chi connectivity index (χ2n) is 4.75. The maximum atomic E-state index is 5.46. The van der Waals surface area contributed by atoms with Crippen LogP contribution in [0.2, 0.25) is 0 Å². The SMILES string of the molecule is C=Cc1c(/C=C\C)c(C)n(CCCNCCN)c1C.CC. The number of nitrogens with zero attached hydrogens (tertiary/aromatic N) is 1. The van der Waals surface area contributed by atoms with Crippen molar-refractivity contribution in [1.82, 2.24) is 9.88 Å². The standard InChI is InChI=1S/C16H27N3.C2H6/c1-5-8-16-14(4)19(13(3)15(16)6-2)12-7-10-18-11-9-17;1-2/h5-6,8,18H,2,7,9-12,17H2,1,3-4H3;1-2H3/b8-5-;. The van der Waals surface area contributed by atoms with Crippen molar-refractivity contribution in [1.29, 1.82) is 0 Å². The molecule has 0 bridgehead atoms. The van der Waals surface area contributed by atoms with Gasteiger partial charge in [-0.1, -0.05) is 38.7 Å². The smallest absolute Gasteiger partial charge is 0.0237 e. The van der Waals surface area contributed by atoms with E-state index in [4.69, 9.17) is 5.73 Å². The summed E-state index contributed by atoms with van der Waals surface area (Å²) < 4.78 is 2.39. The molecule has 1 aromatic heterocycles. The molecule has 21 heavy (non-hydrogen) atoms. The van der Waals surface area contributed by atoms with E-state index in [0.717, 1.165) is 26.1 Å². The zero-order chi connectivity index (χ0) is 16.3. The zero-order valence-corrected chi connectivity index (χ0v) is 14.5. The molecule has 120 valence electrons. The lowest BCUT2D eigenvalue weighted by Crippen LogP contribution is -2.24. The zero-order valence-electron chi connectivity index (χ0n) is 14.5. The van der Waals surface area contributed by atoms with Gasteiger partial charge < -0.3 is 15.6 Å². The molecule has 0 saturated carbocycles. The molecule has 3 N–H and O–H groups in total. The normalized spacial score (nSPS) is 10.6. The maximum Gasteiger partial charge on any atom is 0.0237 e.